The number of oxime groups is 1. The molecule has 2 aromatic rings. The monoisotopic (exact) mass is 402 g/mol. The summed E-state index contributed by atoms with van der Waals surface area (Å²) in [6, 6.07) is 20.4. The molecule has 3 rings (SSSR count). The third-order valence-corrected chi connectivity index (χ3v) is 4.96. The van der Waals surface area contributed by atoms with Crippen molar-refractivity contribution in [2.45, 2.75) is 18.8 Å². The smallest absolute Gasteiger partial charge is 0.307 e. The SMILES string of the molecule is Cl.O=C(O)[C@@H]1CCCN(CCO/N=C/C(c2ccccc2)c2ccccc2)C1. The minimum Gasteiger partial charge on any atom is -0.481 e. The fourth-order valence-corrected chi connectivity index (χ4v) is 3.47. The number of carboxylic acids is 1. The van der Waals surface area contributed by atoms with E-state index in [2.05, 4.69) is 34.3 Å². The van der Waals surface area contributed by atoms with E-state index >= 15 is 0 Å². The van der Waals surface area contributed by atoms with Crippen molar-refractivity contribution in [2.75, 3.05) is 26.2 Å². The van der Waals surface area contributed by atoms with E-state index in [1.807, 2.05) is 42.6 Å². The Morgan fingerprint density at radius 2 is 1.75 bits per heavy atom. The maximum absolute atomic E-state index is 11.1. The van der Waals surface area contributed by atoms with Crippen LogP contribution < -0.4 is 0 Å². The molecule has 1 aliphatic heterocycles. The second kappa shape index (κ2) is 11.5. The molecule has 5 nitrogen and oxygen atoms in total. The van der Waals surface area contributed by atoms with Gasteiger partial charge in [-0.25, -0.2) is 0 Å². The lowest BCUT2D eigenvalue weighted by Gasteiger charge is -2.29. The molecular formula is C22H27ClN2O3. The zero-order chi connectivity index (χ0) is 18.9. The van der Waals surface area contributed by atoms with Crippen molar-refractivity contribution in [3.8, 4) is 0 Å². The van der Waals surface area contributed by atoms with E-state index in [1.165, 1.54) is 0 Å². The second-order valence-corrected chi connectivity index (χ2v) is 6.86. The number of hydrogen-bond acceptors (Lipinski definition) is 4. The van der Waals surface area contributed by atoms with Crippen LogP contribution in [0.1, 0.15) is 29.9 Å². The second-order valence-electron chi connectivity index (χ2n) is 6.86. The molecule has 0 bridgehead atoms. The Labute approximate surface area is 172 Å². The first-order valence-electron chi connectivity index (χ1n) is 9.44. The fraction of sp³-hybridized carbons (Fsp3) is 0.364. The Hall–Kier alpha value is -2.37. The van der Waals surface area contributed by atoms with E-state index in [1.54, 1.807) is 0 Å². The summed E-state index contributed by atoms with van der Waals surface area (Å²) < 4.78 is 0. The van der Waals surface area contributed by atoms with Crippen molar-refractivity contribution in [3.63, 3.8) is 0 Å². The van der Waals surface area contributed by atoms with Gasteiger partial charge in [0, 0.05) is 19.0 Å². The number of likely N-dealkylation sites (tertiary alicyclic amines) is 1. The van der Waals surface area contributed by atoms with Crippen LogP contribution in [-0.2, 0) is 9.63 Å². The van der Waals surface area contributed by atoms with Crippen molar-refractivity contribution in [2.24, 2.45) is 11.1 Å². The number of piperidine rings is 1. The summed E-state index contributed by atoms with van der Waals surface area (Å²) in [7, 11) is 0. The number of hydrogen-bond donors (Lipinski definition) is 1. The highest BCUT2D eigenvalue weighted by Crippen LogP contribution is 2.22. The molecule has 0 aliphatic carbocycles. The number of benzene rings is 2. The van der Waals surface area contributed by atoms with Crippen LogP contribution in [0.5, 0.6) is 0 Å². The Morgan fingerprint density at radius 1 is 1.14 bits per heavy atom. The number of nitrogens with zero attached hydrogens (tertiary/aromatic N) is 2. The Bertz CT molecular complexity index is 700. The number of rotatable bonds is 8. The van der Waals surface area contributed by atoms with E-state index in [4.69, 9.17) is 9.94 Å². The topological polar surface area (TPSA) is 62.1 Å². The van der Waals surface area contributed by atoms with Crippen molar-refractivity contribution in [3.05, 3.63) is 71.8 Å². The molecule has 0 amide bonds. The molecule has 0 spiro atoms. The normalized spacial score (nSPS) is 17.4. The molecule has 28 heavy (non-hydrogen) atoms. The summed E-state index contributed by atoms with van der Waals surface area (Å²) in [4.78, 5) is 18.8. The lowest BCUT2D eigenvalue weighted by molar-refractivity contribution is -0.143. The third kappa shape index (κ3) is 6.36. The fourth-order valence-electron chi connectivity index (χ4n) is 3.47. The summed E-state index contributed by atoms with van der Waals surface area (Å²) in [6.07, 6.45) is 3.52. The van der Waals surface area contributed by atoms with Gasteiger partial charge in [0.05, 0.1) is 12.1 Å². The highest BCUT2D eigenvalue weighted by atomic mass is 35.5. The van der Waals surface area contributed by atoms with Crippen LogP contribution in [0.15, 0.2) is 65.8 Å². The first kappa shape index (κ1) is 21.9. The molecule has 1 atom stereocenters. The Balaban J connectivity index is 0.00000280. The van der Waals surface area contributed by atoms with Crippen LogP contribution in [-0.4, -0.2) is 48.4 Å². The number of aliphatic carboxylic acids is 1. The molecule has 0 radical (unpaired) electrons. The van der Waals surface area contributed by atoms with E-state index in [0.29, 0.717) is 19.7 Å². The minimum atomic E-state index is -0.702. The van der Waals surface area contributed by atoms with Gasteiger partial charge in [-0.2, -0.15) is 0 Å². The molecule has 6 heteroatoms. The number of halogens is 1. The van der Waals surface area contributed by atoms with Crippen LogP contribution in [0.4, 0.5) is 0 Å². The summed E-state index contributed by atoms with van der Waals surface area (Å²) >= 11 is 0. The molecule has 0 aromatic heterocycles. The highest BCUT2D eigenvalue weighted by Gasteiger charge is 2.24. The molecular weight excluding hydrogens is 376 g/mol. The first-order valence-corrected chi connectivity index (χ1v) is 9.44. The van der Waals surface area contributed by atoms with Gasteiger partial charge < -0.3 is 9.94 Å². The van der Waals surface area contributed by atoms with Crippen molar-refractivity contribution < 1.29 is 14.7 Å². The van der Waals surface area contributed by atoms with Crippen LogP contribution in [0, 0.1) is 5.92 Å². The van der Waals surface area contributed by atoms with E-state index in [-0.39, 0.29) is 24.2 Å². The van der Waals surface area contributed by atoms with Crippen LogP contribution >= 0.6 is 12.4 Å². The van der Waals surface area contributed by atoms with Gasteiger partial charge in [-0.15, -0.1) is 12.4 Å². The Kier molecular flexibility index (Phi) is 8.98. The molecule has 2 aromatic carbocycles. The number of carboxylic acid groups (broad SMARTS) is 1. The molecule has 1 aliphatic rings. The zero-order valence-electron chi connectivity index (χ0n) is 15.8. The Morgan fingerprint density at radius 3 is 2.32 bits per heavy atom. The summed E-state index contributed by atoms with van der Waals surface area (Å²) in [5, 5.41) is 13.4. The molecule has 1 saturated heterocycles. The van der Waals surface area contributed by atoms with Gasteiger partial charge in [0.1, 0.15) is 6.61 Å². The van der Waals surface area contributed by atoms with Gasteiger partial charge in [-0.05, 0) is 30.5 Å². The third-order valence-electron chi connectivity index (χ3n) is 4.96. The average Bonchev–Trinajstić information content (AvgIpc) is 2.72. The van der Waals surface area contributed by atoms with Crippen LogP contribution in [0.3, 0.4) is 0 Å². The van der Waals surface area contributed by atoms with E-state index < -0.39 is 5.97 Å². The maximum atomic E-state index is 11.1. The van der Waals surface area contributed by atoms with Gasteiger partial charge in [-0.1, -0.05) is 65.8 Å². The maximum Gasteiger partial charge on any atom is 0.307 e. The van der Waals surface area contributed by atoms with Gasteiger partial charge in [-0.3, -0.25) is 9.69 Å². The quantitative estimate of drug-likeness (QED) is 0.411. The molecule has 1 fully saturated rings. The molecule has 1 N–H and O–H groups in total. The highest BCUT2D eigenvalue weighted by molar-refractivity contribution is 5.85. The summed E-state index contributed by atoms with van der Waals surface area (Å²) in [5.41, 5.74) is 2.33. The van der Waals surface area contributed by atoms with E-state index in [9.17, 15) is 4.79 Å². The van der Waals surface area contributed by atoms with Crippen molar-refractivity contribution >= 4 is 24.6 Å². The van der Waals surface area contributed by atoms with Gasteiger partial charge in [0.25, 0.3) is 0 Å². The van der Waals surface area contributed by atoms with Crippen LogP contribution in [0.2, 0.25) is 0 Å². The predicted molar refractivity (Wildman–Crippen MR) is 113 cm³/mol. The molecule has 0 saturated carbocycles. The minimum absolute atomic E-state index is 0. The lowest BCUT2D eigenvalue weighted by Crippen LogP contribution is -2.40. The van der Waals surface area contributed by atoms with Gasteiger partial charge >= 0.3 is 5.97 Å². The van der Waals surface area contributed by atoms with Gasteiger partial charge in [0.15, 0.2) is 0 Å². The zero-order valence-corrected chi connectivity index (χ0v) is 16.6. The molecule has 0 unspecified atom stereocenters. The molecule has 1 heterocycles. The average molecular weight is 403 g/mol. The summed E-state index contributed by atoms with van der Waals surface area (Å²) in [6.45, 7) is 2.67. The summed E-state index contributed by atoms with van der Waals surface area (Å²) in [5.74, 6) is -0.922. The first-order chi connectivity index (χ1) is 13.2. The molecule has 150 valence electrons. The predicted octanol–water partition coefficient (Wildman–Crippen LogP) is 4.04. The van der Waals surface area contributed by atoms with Crippen molar-refractivity contribution in [1.29, 1.82) is 0 Å². The lowest BCUT2D eigenvalue weighted by atomic mass is 9.92. The standard InChI is InChI=1S/C22H26N2O3.ClH/c25-22(26)20-12-7-13-24(17-20)14-15-27-23-16-21(18-8-3-1-4-9-18)19-10-5-2-6-11-19;/h1-6,8-11,16,20-21H,7,12-15,17H2,(H,25,26);1H/b23-16+;/t20-;/m1./s1. The van der Waals surface area contributed by atoms with Crippen LogP contribution in [0.25, 0.3) is 0 Å². The number of carbonyl (C=O) groups is 1. The largest absolute Gasteiger partial charge is 0.481 e. The van der Waals surface area contributed by atoms with Gasteiger partial charge in [0.2, 0.25) is 0 Å². The van der Waals surface area contributed by atoms with Crippen molar-refractivity contribution in [1.82, 2.24) is 4.90 Å². The van der Waals surface area contributed by atoms with E-state index in [0.717, 1.165) is 30.5 Å².